The van der Waals surface area contributed by atoms with E-state index in [-0.39, 0.29) is 30.0 Å². The first-order valence-electron chi connectivity index (χ1n) is 14.0. The van der Waals surface area contributed by atoms with Crippen LogP contribution < -0.4 is 11.1 Å². The first kappa shape index (κ1) is 28.4. The van der Waals surface area contributed by atoms with E-state index in [2.05, 4.69) is 45.2 Å². The molecule has 1 aliphatic heterocycles. The molecule has 38 heavy (non-hydrogen) atoms. The van der Waals surface area contributed by atoms with Crippen molar-refractivity contribution < 1.29 is 19.1 Å². The van der Waals surface area contributed by atoms with E-state index in [0.717, 1.165) is 31.4 Å². The average Bonchev–Trinajstić information content (AvgIpc) is 3.67. The molecule has 1 aliphatic carbocycles. The molecular formula is C29H45N5O4. The second-order valence-electron chi connectivity index (χ2n) is 11.7. The molecule has 4 rings (SSSR count). The highest BCUT2D eigenvalue weighted by Gasteiger charge is 2.41. The molecule has 3 N–H and O–H groups in total. The van der Waals surface area contributed by atoms with Crippen molar-refractivity contribution in [1.29, 1.82) is 0 Å². The van der Waals surface area contributed by atoms with Crippen molar-refractivity contribution in [3.8, 4) is 0 Å². The molecule has 2 atom stereocenters. The second-order valence-corrected chi connectivity index (χ2v) is 11.7. The number of para-hydroxylation sites is 1. The molecule has 9 heteroatoms. The molecule has 210 valence electrons. The zero-order valence-corrected chi connectivity index (χ0v) is 23.4. The summed E-state index contributed by atoms with van der Waals surface area (Å²) in [4.78, 5) is 30.8. The molecule has 0 bridgehead atoms. The summed E-state index contributed by atoms with van der Waals surface area (Å²) in [5, 5.41) is 4.62. The number of nitrogens with one attached hydrogen (secondary N) is 1. The zero-order valence-electron chi connectivity index (χ0n) is 23.4. The molecule has 2 aromatic rings. The summed E-state index contributed by atoms with van der Waals surface area (Å²) < 4.78 is 13.2. The van der Waals surface area contributed by atoms with Crippen LogP contribution in [0.2, 0.25) is 0 Å². The number of aryl methyl sites for hydroxylation is 1. The number of nitrogens with two attached hydrogens (primary N) is 1. The van der Waals surface area contributed by atoms with E-state index in [1.54, 1.807) is 12.0 Å². The molecule has 0 unspecified atom stereocenters. The number of piperidine rings is 1. The standard InChI is InChI=1S/C29H45N5O4/c1-29(2,3)38-28(36)33-17-21(16-23(20-33)31-13-12-30)27(35)34(24-10-11-24)19-22-18-32(14-7-15-37-4)26-9-6-5-8-25(22)26/h5-6,8-9,18,21,23-24,31H,7,10-17,19-20,30H2,1-4H3/t21-,23+/m1/s1. The summed E-state index contributed by atoms with van der Waals surface area (Å²) in [5.41, 5.74) is 7.49. The number of fused-ring (bicyclic) bond motifs is 1. The number of carbonyl (C=O) groups excluding carboxylic acids is 2. The van der Waals surface area contributed by atoms with Gasteiger partial charge in [0.15, 0.2) is 0 Å². The lowest BCUT2D eigenvalue weighted by atomic mass is 9.92. The van der Waals surface area contributed by atoms with Gasteiger partial charge in [-0.3, -0.25) is 4.79 Å². The molecule has 2 heterocycles. The Balaban J connectivity index is 1.54. The van der Waals surface area contributed by atoms with E-state index in [0.29, 0.717) is 45.8 Å². The van der Waals surface area contributed by atoms with Crippen LogP contribution in [0.1, 0.15) is 52.0 Å². The van der Waals surface area contributed by atoms with Crippen molar-refractivity contribution in [2.75, 3.05) is 39.9 Å². The van der Waals surface area contributed by atoms with Gasteiger partial charge in [-0.05, 0) is 58.1 Å². The van der Waals surface area contributed by atoms with Crippen LogP contribution in [-0.2, 0) is 27.4 Å². The fourth-order valence-corrected chi connectivity index (χ4v) is 5.39. The Morgan fingerprint density at radius 2 is 1.95 bits per heavy atom. The molecule has 2 amide bonds. The minimum absolute atomic E-state index is 0.00230. The average molecular weight is 528 g/mol. The number of rotatable bonds is 11. The van der Waals surface area contributed by atoms with Gasteiger partial charge in [0, 0.05) is 82.2 Å². The lowest BCUT2D eigenvalue weighted by Gasteiger charge is -2.39. The van der Waals surface area contributed by atoms with Gasteiger partial charge < -0.3 is 34.9 Å². The van der Waals surface area contributed by atoms with Crippen molar-refractivity contribution in [1.82, 2.24) is 19.7 Å². The smallest absolute Gasteiger partial charge is 0.410 e. The second kappa shape index (κ2) is 12.5. The molecule has 2 fully saturated rings. The van der Waals surface area contributed by atoms with Crippen molar-refractivity contribution in [2.45, 2.75) is 77.2 Å². The summed E-state index contributed by atoms with van der Waals surface area (Å²) >= 11 is 0. The van der Waals surface area contributed by atoms with E-state index in [9.17, 15) is 9.59 Å². The third-order valence-electron chi connectivity index (χ3n) is 7.26. The third kappa shape index (κ3) is 7.27. The van der Waals surface area contributed by atoms with Crippen LogP contribution >= 0.6 is 0 Å². The number of hydrogen-bond acceptors (Lipinski definition) is 6. The summed E-state index contributed by atoms with van der Waals surface area (Å²) in [6.45, 7) is 9.77. The van der Waals surface area contributed by atoms with Gasteiger partial charge in [-0.25, -0.2) is 4.79 Å². The predicted molar refractivity (Wildman–Crippen MR) is 149 cm³/mol. The Bertz CT molecular complexity index is 1090. The van der Waals surface area contributed by atoms with Gasteiger partial charge in [0.25, 0.3) is 0 Å². The molecule has 2 aliphatic rings. The number of ether oxygens (including phenoxy) is 2. The summed E-state index contributed by atoms with van der Waals surface area (Å²) in [6.07, 6.45) is 5.49. The van der Waals surface area contributed by atoms with Gasteiger partial charge >= 0.3 is 6.09 Å². The van der Waals surface area contributed by atoms with Crippen molar-refractivity contribution in [3.05, 3.63) is 36.0 Å². The number of hydrogen-bond donors (Lipinski definition) is 2. The van der Waals surface area contributed by atoms with E-state index >= 15 is 0 Å². The highest BCUT2D eigenvalue weighted by atomic mass is 16.6. The van der Waals surface area contributed by atoms with Crippen molar-refractivity contribution >= 4 is 22.9 Å². The molecule has 1 aromatic heterocycles. The number of methoxy groups -OCH3 is 1. The van der Waals surface area contributed by atoms with Gasteiger partial charge in [0.1, 0.15) is 5.60 Å². The lowest BCUT2D eigenvalue weighted by molar-refractivity contribution is -0.138. The zero-order chi connectivity index (χ0) is 27.3. The van der Waals surface area contributed by atoms with E-state index in [4.69, 9.17) is 15.2 Å². The predicted octanol–water partition coefficient (Wildman–Crippen LogP) is 3.34. The summed E-state index contributed by atoms with van der Waals surface area (Å²) in [7, 11) is 1.73. The molecule has 0 radical (unpaired) electrons. The van der Waals surface area contributed by atoms with Crippen LogP contribution in [0.4, 0.5) is 4.79 Å². The number of amides is 2. The largest absolute Gasteiger partial charge is 0.444 e. The van der Waals surface area contributed by atoms with Crippen LogP contribution in [0.25, 0.3) is 10.9 Å². The van der Waals surface area contributed by atoms with E-state index in [1.165, 1.54) is 10.9 Å². The van der Waals surface area contributed by atoms with Crippen LogP contribution in [0.3, 0.4) is 0 Å². The van der Waals surface area contributed by atoms with Gasteiger partial charge in [0.2, 0.25) is 5.91 Å². The Hall–Kier alpha value is -2.62. The first-order chi connectivity index (χ1) is 18.2. The van der Waals surface area contributed by atoms with Gasteiger partial charge in [-0.15, -0.1) is 0 Å². The van der Waals surface area contributed by atoms with Crippen LogP contribution in [0.5, 0.6) is 0 Å². The van der Waals surface area contributed by atoms with Crippen molar-refractivity contribution in [2.24, 2.45) is 11.7 Å². The maximum absolute atomic E-state index is 14.1. The Morgan fingerprint density at radius 3 is 2.63 bits per heavy atom. The van der Waals surface area contributed by atoms with Crippen LogP contribution in [0, 0.1) is 5.92 Å². The van der Waals surface area contributed by atoms with Crippen LogP contribution in [0.15, 0.2) is 30.5 Å². The molecular weight excluding hydrogens is 482 g/mol. The van der Waals surface area contributed by atoms with Crippen molar-refractivity contribution in [3.63, 3.8) is 0 Å². The lowest BCUT2D eigenvalue weighted by Crippen LogP contribution is -2.56. The Labute approximate surface area is 226 Å². The normalized spacial score (nSPS) is 20.1. The minimum atomic E-state index is -0.592. The molecule has 9 nitrogen and oxygen atoms in total. The molecule has 1 saturated heterocycles. The van der Waals surface area contributed by atoms with Gasteiger partial charge in [0.05, 0.1) is 5.92 Å². The van der Waals surface area contributed by atoms with Crippen LogP contribution in [-0.4, -0.2) is 83.9 Å². The maximum atomic E-state index is 14.1. The number of benzene rings is 1. The number of carbonyl (C=O) groups is 2. The van der Waals surface area contributed by atoms with Gasteiger partial charge in [-0.2, -0.15) is 0 Å². The van der Waals surface area contributed by atoms with E-state index < -0.39 is 5.60 Å². The van der Waals surface area contributed by atoms with Gasteiger partial charge in [-0.1, -0.05) is 18.2 Å². The topological polar surface area (TPSA) is 102 Å². The minimum Gasteiger partial charge on any atom is -0.444 e. The highest BCUT2D eigenvalue weighted by molar-refractivity contribution is 5.85. The monoisotopic (exact) mass is 527 g/mol. The molecule has 0 spiro atoms. The summed E-state index contributed by atoms with van der Waals surface area (Å²) in [5.74, 6) is -0.168. The SMILES string of the molecule is COCCCn1cc(CN(C(=O)[C@@H]2C[C@H](NCCN)CN(C(=O)OC(C)(C)C)C2)C2CC2)c2ccccc21. The van der Waals surface area contributed by atoms with E-state index in [1.807, 2.05) is 20.8 Å². The first-order valence-corrected chi connectivity index (χ1v) is 14.0. The third-order valence-corrected chi connectivity index (χ3v) is 7.26. The molecule has 1 aromatic carbocycles. The fourth-order valence-electron chi connectivity index (χ4n) is 5.39. The number of nitrogens with zero attached hydrogens (tertiary/aromatic N) is 3. The number of aromatic nitrogens is 1. The fraction of sp³-hybridized carbons (Fsp3) is 0.655. The Kier molecular flexibility index (Phi) is 9.33. The number of likely N-dealkylation sites (tertiary alicyclic amines) is 1. The molecule has 1 saturated carbocycles. The Morgan fingerprint density at radius 1 is 1.18 bits per heavy atom. The maximum Gasteiger partial charge on any atom is 0.410 e. The highest BCUT2D eigenvalue weighted by Crippen LogP contribution is 2.33. The quantitative estimate of drug-likeness (QED) is 0.435. The summed E-state index contributed by atoms with van der Waals surface area (Å²) in [6, 6.07) is 8.66.